The van der Waals surface area contributed by atoms with Crippen LogP contribution in [0.2, 0.25) is 0 Å². The SMILES string of the molecule is Cc1cccnc1C1CC(/C=N/I)CC(c2ncccc2C)N1CCCCN. The summed E-state index contributed by atoms with van der Waals surface area (Å²) in [5.74, 6) is 0.417. The molecule has 28 heavy (non-hydrogen) atoms. The predicted molar refractivity (Wildman–Crippen MR) is 124 cm³/mol. The van der Waals surface area contributed by atoms with Crippen molar-refractivity contribution in [3.05, 3.63) is 59.2 Å². The van der Waals surface area contributed by atoms with Crippen LogP contribution in [0.1, 0.15) is 60.3 Å². The largest absolute Gasteiger partial charge is 0.330 e. The number of halogens is 1. The number of hydrogen-bond acceptors (Lipinski definition) is 5. The lowest BCUT2D eigenvalue weighted by Gasteiger charge is -2.45. The number of rotatable bonds is 7. The van der Waals surface area contributed by atoms with Crippen molar-refractivity contribution in [3.8, 4) is 0 Å². The first-order valence-corrected chi connectivity index (χ1v) is 11.1. The van der Waals surface area contributed by atoms with Gasteiger partial charge in [0.05, 0.1) is 46.3 Å². The van der Waals surface area contributed by atoms with Gasteiger partial charge >= 0.3 is 0 Å². The van der Waals surface area contributed by atoms with E-state index in [0.717, 1.165) is 38.8 Å². The molecule has 2 atom stereocenters. The monoisotopic (exact) mass is 491 g/mol. The highest BCUT2D eigenvalue weighted by molar-refractivity contribution is 14.1. The van der Waals surface area contributed by atoms with Crippen molar-refractivity contribution < 1.29 is 0 Å². The van der Waals surface area contributed by atoms with E-state index in [4.69, 9.17) is 15.7 Å². The molecule has 0 radical (unpaired) electrons. The number of likely N-dealkylation sites (tertiary alicyclic amines) is 1. The number of unbranched alkanes of at least 4 members (excludes halogenated alkanes) is 1. The molecule has 1 aliphatic heterocycles. The molecule has 1 aliphatic rings. The van der Waals surface area contributed by atoms with Crippen molar-refractivity contribution in [2.75, 3.05) is 13.1 Å². The van der Waals surface area contributed by atoms with E-state index in [2.05, 4.69) is 63.2 Å². The molecule has 1 fully saturated rings. The van der Waals surface area contributed by atoms with Crippen molar-refractivity contribution in [3.63, 3.8) is 0 Å². The minimum Gasteiger partial charge on any atom is -0.330 e. The van der Waals surface area contributed by atoms with Crippen LogP contribution in [0.5, 0.6) is 0 Å². The fourth-order valence-electron chi connectivity index (χ4n) is 4.34. The summed E-state index contributed by atoms with van der Waals surface area (Å²) in [6.45, 7) is 6.07. The van der Waals surface area contributed by atoms with Crippen LogP contribution in [0, 0.1) is 19.8 Å². The van der Waals surface area contributed by atoms with E-state index in [1.165, 1.54) is 22.5 Å². The average molecular weight is 491 g/mol. The summed E-state index contributed by atoms with van der Waals surface area (Å²) < 4.78 is 4.33. The van der Waals surface area contributed by atoms with E-state index in [1.807, 2.05) is 24.5 Å². The summed E-state index contributed by atoms with van der Waals surface area (Å²) in [4.78, 5) is 12.2. The van der Waals surface area contributed by atoms with Crippen LogP contribution >= 0.6 is 22.9 Å². The molecule has 3 heterocycles. The van der Waals surface area contributed by atoms with Crippen LogP contribution in [-0.4, -0.2) is 34.2 Å². The van der Waals surface area contributed by atoms with Crippen molar-refractivity contribution in [2.45, 2.75) is 51.6 Å². The van der Waals surface area contributed by atoms with Crippen molar-refractivity contribution in [1.29, 1.82) is 0 Å². The first-order chi connectivity index (χ1) is 13.7. The van der Waals surface area contributed by atoms with E-state index in [9.17, 15) is 0 Å². The highest BCUT2D eigenvalue weighted by Crippen LogP contribution is 2.44. The molecule has 2 N–H and O–H groups in total. The number of pyridine rings is 2. The van der Waals surface area contributed by atoms with Gasteiger partial charge < -0.3 is 5.73 Å². The second-order valence-electron chi connectivity index (χ2n) is 7.65. The molecule has 0 saturated carbocycles. The Balaban J connectivity index is 2.03. The van der Waals surface area contributed by atoms with Gasteiger partial charge in [0.15, 0.2) is 0 Å². The van der Waals surface area contributed by atoms with E-state index in [0.29, 0.717) is 5.92 Å². The molecular weight excluding hydrogens is 461 g/mol. The van der Waals surface area contributed by atoms with Gasteiger partial charge in [-0.15, -0.1) is 0 Å². The molecule has 6 heteroatoms. The number of nitrogens with two attached hydrogens (primary N) is 1. The molecule has 1 saturated heterocycles. The van der Waals surface area contributed by atoms with Crippen LogP contribution < -0.4 is 5.73 Å². The zero-order valence-electron chi connectivity index (χ0n) is 16.8. The Morgan fingerprint density at radius 1 is 1.07 bits per heavy atom. The van der Waals surface area contributed by atoms with Gasteiger partial charge in [0.1, 0.15) is 0 Å². The number of nitrogens with zero attached hydrogens (tertiary/aromatic N) is 4. The second kappa shape index (κ2) is 10.4. The molecule has 3 rings (SSSR count). The Kier molecular flexibility index (Phi) is 7.93. The van der Waals surface area contributed by atoms with Crippen LogP contribution in [0.15, 0.2) is 39.9 Å². The standard InChI is InChI=1S/C22H30IN5/c1-16-7-5-10-25-21(16)19-13-18(15-27-23)14-20(28(19)12-4-3-9-24)22-17(2)8-6-11-26-22/h5-8,10-11,15,18-20H,3-4,9,12-14,24H2,1-2H3/b27-15+. The van der Waals surface area contributed by atoms with Crippen molar-refractivity contribution >= 4 is 29.1 Å². The number of hydrogen-bond donors (Lipinski definition) is 1. The van der Waals surface area contributed by atoms with Crippen LogP contribution in [0.25, 0.3) is 0 Å². The lowest BCUT2D eigenvalue weighted by atomic mass is 9.82. The number of aryl methyl sites for hydroxylation is 2. The number of piperidine rings is 1. The molecule has 150 valence electrons. The zero-order valence-corrected chi connectivity index (χ0v) is 18.9. The smallest absolute Gasteiger partial charge is 0.0827 e. The van der Waals surface area contributed by atoms with Gasteiger partial charge in [0.25, 0.3) is 0 Å². The quantitative estimate of drug-likeness (QED) is 0.345. The summed E-state index contributed by atoms with van der Waals surface area (Å²) in [6.07, 6.45) is 10.1. The van der Waals surface area contributed by atoms with Gasteiger partial charge in [-0.3, -0.25) is 14.9 Å². The summed E-state index contributed by atoms with van der Waals surface area (Å²) in [5, 5.41) is 0. The van der Waals surface area contributed by atoms with Gasteiger partial charge in [-0.1, -0.05) is 12.1 Å². The Hall–Kier alpha value is -1.38. The maximum Gasteiger partial charge on any atom is 0.0827 e. The normalized spacial score (nSPS) is 23.4. The first-order valence-electron chi connectivity index (χ1n) is 10.1. The second-order valence-corrected chi connectivity index (χ2v) is 8.21. The molecule has 0 aromatic carbocycles. The molecule has 2 aromatic heterocycles. The Bertz CT molecular complexity index is 739. The maximum atomic E-state index is 5.78. The highest BCUT2D eigenvalue weighted by atomic mass is 127. The number of aromatic nitrogens is 2. The highest BCUT2D eigenvalue weighted by Gasteiger charge is 2.38. The summed E-state index contributed by atoms with van der Waals surface area (Å²) >= 11 is 2.09. The van der Waals surface area contributed by atoms with Crippen molar-refractivity contribution in [1.82, 2.24) is 14.9 Å². The molecule has 0 amide bonds. The summed E-state index contributed by atoms with van der Waals surface area (Å²) in [5.41, 5.74) is 10.6. The van der Waals surface area contributed by atoms with Gasteiger partial charge in [-0.2, -0.15) is 0 Å². The van der Waals surface area contributed by atoms with E-state index < -0.39 is 0 Å². The third kappa shape index (κ3) is 4.96. The minimum atomic E-state index is 0.263. The maximum absolute atomic E-state index is 5.78. The van der Waals surface area contributed by atoms with Gasteiger partial charge in [0.2, 0.25) is 0 Å². The Morgan fingerprint density at radius 3 is 2.11 bits per heavy atom. The van der Waals surface area contributed by atoms with Crippen LogP contribution in [0.3, 0.4) is 0 Å². The zero-order chi connectivity index (χ0) is 19.9. The molecule has 0 aliphatic carbocycles. The van der Waals surface area contributed by atoms with Crippen LogP contribution in [0.4, 0.5) is 0 Å². The lowest BCUT2D eigenvalue weighted by Crippen LogP contribution is -2.41. The molecule has 0 spiro atoms. The first kappa shape index (κ1) is 21.3. The average Bonchev–Trinajstić information content (AvgIpc) is 2.70. The Morgan fingerprint density at radius 2 is 1.64 bits per heavy atom. The van der Waals surface area contributed by atoms with Gasteiger partial charge in [-0.05, 0) is 81.8 Å². The molecule has 0 bridgehead atoms. The van der Waals surface area contributed by atoms with E-state index >= 15 is 0 Å². The Labute approximate surface area is 182 Å². The topological polar surface area (TPSA) is 67.4 Å². The molecule has 5 nitrogen and oxygen atoms in total. The minimum absolute atomic E-state index is 0.263. The lowest BCUT2D eigenvalue weighted by molar-refractivity contribution is 0.0609. The fraction of sp³-hybridized carbons (Fsp3) is 0.500. The molecule has 2 aromatic rings. The van der Waals surface area contributed by atoms with Gasteiger partial charge in [-0.25, -0.2) is 3.21 Å². The van der Waals surface area contributed by atoms with Crippen LogP contribution in [-0.2, 0) is 0 Å². The van der Waals surface area contributed by atoms with Gasteiger partial charge in [0, 0.05) is 18.6 Å². The summed E-state index contributed by atoms with van der Waals surface area (Å²) in [6, 6.07) is 8.89. The third-order valence-corrected chi connectivity index (χ3v) is 6.04. The van der Waals surface area contributed by atoms with E-state index in [1.54, 1.807) is 0 Å². The third-order valence-electron chi connectivity index (χ3n) is 5.72. The fourth-order valence-corrected chi connectivity index (χ4v) is 4.80. The van der Waals surface area contributed by atoms with Crippen molar-refractivity contribution in [2.24, 2.45) is 14.9 Å². The molecular formula is C22H30IN5. The summed E-state index contributed by atoms with van der Waals surface area (Å²) in [7, 11) is 0. The predicted octanol–water partition coefficient (Wildman–Crippen LogP) is 4.75. The molecule has 2 unspecified atom stereocenters. The van der Waals surface area contributed by atoms with E-state index in [-0.39, 0.29) is 12.1 Å².